The van der Waals surface area contributed by atoms with Gasteiger partial charge in [-0.3, -0.25) is 15.0 Å². The first-order valence-electron chi connectivity index (χ1n) is 11.3. The third kappa shape index (κ3) is 4.29. The fourth-order valence-electron chi connectivity index (χ4n) is 4.95. The molecule has 5 rings (SSSR count). The summed E-state index contributed by atoms with van der Waals surface area (Å²) >= 11 is 1.59. The minimum atomic E-state index is 0.174. The zero-order valence-corrected chi connectivity index (χ0v) is 19.0. The number of hydrogen-bond acceptors (Lipinski definition) is 6. The standard InChI is InChI=1S/C23H31N6OS/c1-31-23-25-22-24-20-14-21(30)28(15-18-8-4-2-5-9-18)16-19(20)17-29(22,26-23)13-12-27-10-6-3-7-11-27/h2,4-5,8-9H,3,6-7,10-17H2,1H3,(H,24,25,26)/q+1. The van der Waals surface area contributed by atoms with Crippen molar-refractivity contribution in [1.82, 2.24) is 15.1 Å². The fourth-order valence-corrected chi connectivity index (χ4v) is 5.37. The van der Waals surface area contributed by atoms with Crippen LogP contribution in [-0.4, -0.2) is 77.0 Å². The maximum Gasteiger partial charge on any atom is 0.336 e. The van der Waals surface area contributed by atoms with Crippen molar-refractivity contribution in [2.24, 2.45) is 10.1 Å². The van der Waals surface area contributed by atoms with Crippen LogP contribution in [0.4, 0.5) is 0 Å². The SMILES string of the molecule is CSC1=N[N+]2(CCN3CCCCC3)CC3=C(CC(=O)N(Cc4ccccc4)C3)NC2=N1. The predicted molar refractivity (Wildman–Crippen MR) is 125 cm³/mol. The average Bonchev–Trinajstić information content (AvgIpc) is 3.16. The quantitative estimate of drug-likeness (QED) is 0.717. The molecule has 8 heteroatoms. The van der Waals surface area contributed by atoms with Crippen molar-refractivity contribution in [2.45, 2.75) is 32.2 Å². The summed E-state index contributed by atoms with van der Waals surface area (Å²) in [6, 6.07) is 10.2. The van der Waals surface area contributed by atoms with Gasteiger partial charge in [0.05, 0.1) is 13.0 Å². The molecule has 0 saturated carbocycles. The van der Waals surface area contributed by atoms with E-state index in [0.717, 1.165) is 36.5 Å². The zero-order valence-electron chi connectivity index (χ0n) is 18.2. The molecule has 1 aromatic rings. The van der Waals surface area contributed by atoms with Crippen LogP contribution in [0.15, 0.2) is 51.7 Å². The van der Waals surface area contributed by atoms with Gasteiger partial charge in [-0.25, -0.2) is 0 Å². The van der Waals surface area contributed by atoms with Crippen LogP contribution >= 0.6 is 11.8 Å². The van der Waals surface area contributed by atoms with Gasteiger partial charge in [0.1, 0.15) is 13.1 Å². The van der Waals surface area contributed by atoms with E-state index in [1.54, 1.807) is 11.8 Å². The van der Waals surface area contributed by atoms with E-state index in [1.807, 2.05) is 29.4 Å². The number of guanidine groups is 1. The molecule has 4 heterocycles. The zero-order chi connectivity index (χ0) is 21.3. The Bertz CT molecular complexity index is 937. The highest BCUT2D eigenvalue weighted by molar-refractivity contribution is 8.13. The van der Waals surface area contributed by atoms with E-state index in [-0.39, 0.29) is 5.91 Å². The van der Waals surface area contributed by atoms with Crippen LogP contribution in [0.3, 0.4) is 0 Å². The molecule has 164 valence electrons. The Morgan fingerprint density at radius 1 is 1.16 bits per heavy atom. The highest BCUT2D eigenvalue weighted by Gasteiger charge is 2.48. The molecule has 0 bridgehead atoms. The molecule has 31 heavy (non-hydrogen) atoms. The monoisotopic (exact) mass is 439 g/mol. The number of rotatable bonds is 5. The lowest BCUT2D eigenvalue weighted by Crippen LogP contribution is -2.61. The molecule has 0 spiro atoms. The first-order valence-corrected chi connectivity index (χ1v) is 12.5. The van der Waals surface area contributed by atoms with Gasteiger partial charge in [0, 0.05) is 24.4 Å². The van der Waals surface area contributed by atoms with E-state index in [9.17, 15) is 4.79 Å². The summed E-state index contributed by atoms with van der Waals surface area (Å²) in [5.74, 6) is 1.07. The summed E-state index contributed by atoms with van der Waals surface area (Å²) in [5.41, 5.74) is 3.50. The number of fused-ring (bicyclic) bond motifs is 1. The number of amidine groups is 1. The third-order valence-corrected chi connectivity index (χ3v) is 7.25. The molecule has 4 aliphatic heterocycles. The summed E-state index contributed by atoms with van der Waals surface area (Å²) in [5, 5.41) is 9.41. The van der Waals surface area contributed by atoms with Gasteiger partial charge in [0.2, 0.25) is 11.1 Å². The molecule has 1 aromatic carbocycles. The molecule has 1 unspecified atom stereocenters. The maximum atomic E-state index is 12.8. The first-order chi connectivity index (χ1) is 15.1. The Morgan fingerprint density at radius 2 is 1.97 bits per heavy atom. The number of thioether (sulfide) groups is 1. The molecule has 1 saturated heterocycles. The van der Waals surface area contributed by atoms with Crippen molar-refractivity contribution >= 4 is 28.8 Å². The Labute approximate surface area is 188 Å². The van der Waals surface area contributed by atoms with E-state index < -0.39 is 0 Å². The Kier molecular flexibility index (Phi) is 5.86. The summed E-state index contributed by atoms with van der Waals surface area (Å²) in [4.78, 5) is 22.2. The average molecular weight is 440 g/mol. The minimum Gasteiger partial charge on any atom is -0.334 e. The van der Waals surface area contributed by atoms with Gasteiger partial charge >= 0.3 is 5.96 Å². The van der Waals surface area contributed by atoms with E-state index >= 15 is 0 Å². The van der Waals surface area contributed by atoms with Gasteiger partial charge in [0.15, 0.2) is 0 Å². The molecule has 1 amide bonds. The van der Waals surface area contributed by atoms with Crippen LogP contribution in [0.2, 0.25) is 0 Å². The van der Waals surface area contributed by atoms with E-state index in [2.05, 4.69) is 22.3 Å². The number of aliphatic imine (C=N–C) groups is 1. The molecule has 0 aromatic heterocycles. The summed E-state index contributed by atoms with van der Waals surface area (Å²) < 4.78 is 0.513. The lowest BCUT2D eigenvalue weighted by Gasteiger charge is -2.40. The van der Waals surface area contributed by atoms with Gasteiger partial charge in [-0.05, 0) is 42.9 Å². The smallest absolute Gasteiger partial charge is 0.334 e. The topological polar surface area (TPSA) is 60.3 Å². The van der Waals surface area contributed by atoms with Crippen LogP contribution < -0.4 is 5.32 Å². The first kappa shape index (κ1) is 20.7. The van der Waals surface area contributed by atoms with E-state index in [4.69, 9.17) is 10.1 Å². The van der Waals surface area contributed by atoms with Crippen LogP contribution in [0.5, 0.6) is 0 Å². The number of carbonyl (C=O) groups excluding carboxylic acids is 1. The lowest BCUT2D eigenvalue weighted by atomic mass is 10.0. The van der Waals surface area contributed by atoms with Crippen LogP contribution in [-0.2, 0) is 11.3 Å². The second kappa shape index (κ2) is 8.76. The number of piperidine rings is 1. The molecule has 1 fully saturated rings. The molecule has 4 aliphatic rings. The molecule has 1 N–H and O–H groups in total. The van der Waals surface area contributed by atoms with Gasteiger partial charge < -0.3 is 4.90 Å². The van der Waals surface area contributed by atoms with Crippen LogP contribution in [0.1, 0.15) is 31.2 Å². The molecular weight excluding hydrogens is 408 g/mol. The van der Waals surface area contributed by atoms with Crippen LogP contribution in [0, 0.1) is 0 Å². The molecule has 0 radical (unpaired) electrons. The normalized spacial score (nSPS) is 26.2. The third-order valence-electron chi connectivity index (χ3n) is 6.71. The second-order valence-electron chi connectivity index (χ2n) is 8.85. The number of nitrogens with one attached hydrogen (secondary N) is 1. The number of nitrogens with zero attached hydrogens (tertiary/aromatic N) is 5. The largest absolute Gasteiger partial charge is 0.336 e. The second-order valence-corrected chi connectivity index (χ2v) is 9.62. The Balaban J connectivity index is 1.35. The number of amides is 1. The van der Waals surface area contributed by atoms with Crippen molar-refractivity contribution in [2.75, 3.05) is 45.5 Å². The van der Waals surface area contributed by atoms with E-state index in [1.165, 1.54) is 43.5 Å². The van der Waals surface area contributed by atoms with Crippen molar-refractivity contribution in [3.63, 3.8) is 0 Å². The van der Waals surface area contributed by atoms with Crippen LogP contribution in [0.25, 0.3) is 0 Å². The summed E-state index contributed by atoms with van der Waals surface area (Å²) in [6.07, 6.45) is 6.39. The fraction of sp³-hybridized carbons (Fsp3) is 0.522. The molecular formula is C23H31N6OS+. The Hall–Kier alpha value is -2.16. The number of carbonyl (C=O) groups is 1. The maximum absolute atomic E-state index is 12.8. The molecule has 1 atom stereocenters. The lowest BCUT2D eigenvalue weighted by molar-refractivity contribution is -0.844. The summed E-state index contributed by atoms with van der Waals surface area (Å²) in [7, 11) is 0. The molecule has 7 nitrogen and oxygen atoms in total. The summed E-state index contributed by atoms with van der Waals surface area (Å²) in [6.45, 7) is 6.44. The number of benzene rings is 1. The van der Waals surface area contributed by atoms with Gasteiger partial charge in [0.25, 0.3) is 0 Å². The number of likely N-dealkylation sites (tertiary alicyclic amines) is 1. The van der Waals surface area contributed by atoms with Crippen molar-refractivity contribution < 1.29 is 9.39 Å². The number of quaternary nitrogens is 1. The highest BCUT2D eigenvalue weighted by Crippen LogP contribution is 2.31. The van der Waals surface area contributed by atoms with Gasteiger partial charge in [-0.1, -0.05) is 48.5 Å². The number of hydrogen-bond donors (Lipinski definition) is 1. The van der Waals surface area contributed by atoms with Crippen molar-refractivity contribution in [3.8, 4) is 0 Å². The predicted octanol–water partition coefficient (Wildman–Crippen LogP) is 2.58. The molecule has 0 aliphatic carbocycles. The minimum absolute atomic E-state index is 0.174. The Morgan fingerprint density at radius 3 is 2.74 bits per heavy atom. The van der Waals surface area contributed by atoms with Crippen molar-refractivity contribution in [3.05, 3.63) is 47.2 Å². The van der Waals surface area contributed by atoms with E-state index in [0.29, 0.717) is 24.1 Å². The van der Waals surface area contributed by atoms with Gasteiger partial charge in [-0.2, -0.15) is 0 Å². The van der Waals surface area contributed by atoms with Gasteiger partial charge in [-0.15, -0.1) is 9.58 Å². The highest BCUT2D eigenvalue weighted by atomic mass is 32.2. The van der Waals surface area contributed by atoms with Crippen molar-refractivity contribution in [1.29, 1.82) is 0 Å².